The van der Waals surface area contributed by atoms with E-state index >= 15 is 0 Å². The molecule has 31 heavy (non-hydrogen) atoms. The molecule has 4 aromatic heterocycles. The van der Waals surface area contributed by atoms with Crippen LogP contribution in [0.25, 0.3) is 22.4 Å². The molecule has 10 nitrogen and oxygen atoms in total. The highest BCUT2D eigenvalue weighted by atomic mass is 19.1. The SMILES string of the molecule is Cc1ncc(-c2cnc(NCc3c(F)ccc4c3CCO4)n3cnnc23)c2ncnn12. The second-order valence-corrected chi connectivity index (χ2v) is 7.19. The molecule has 154 valence electrons. The highest BCUT2D eigenvalue weighted by Crippen LogP contribution is 2.31. The van der Waals surface area contributed by atoms with Gasteiger partial charge >= 0.3 is 0 Å². The van der Waals surface area contributed by atoms with Crippen molar-refractivity contribution in [3.05, 3.63) is 59.9 Å². The Morgan fingerprint density at radius 3 is 2.94 bits per heavy atom. The molecule has 0 fully saturated rings. The van der Waals surface area contributed by atoms with Crippen molar-refractivity contribution >= 4 is 17.2 Å². The van der Waals surface area contributed by atoms with Crippen molar-refractivity contribution in [3.8, 4) is 16.9 Å². The average molecular weight is 417 g/mol. The summed E-state index contributed by atoms with van der Waals surface area (Å²) in [6.45, 7) is 2.68. The van der Waals surface area contributed by atoms with Crippen LogP contribution in [0, 0.1) is 12.7 Å². The van der Waals surface area contributed by atoms with Crippen LogP contribution in [0.4, 0.5) is 10.3 Å². The number of benzene rings is 1. The Morgan fingerprint density at radius 1 is 1.13 bits per heavy atom. The molecular weight excluding hydrogens is 401 g/mol. The molecular formula is C20H16FN9O. The van der Waals surface area contributed by atoms with Gasteiger partial charge in [-0.15, -0.1) is 10.2 Å². The molecule has 5 heterocycles. The average Bonchev–Trinajstić information content (AvgIpc) is 3.53. The van der Waals surface area contributed by atoms with E-state index in [-0.39, 0.29) is 12.4 Å². The van der Waals surface area contributed by atoms with Crippen LogP contribution in [-0.4, -0.2) is 45.8 Å². The summed E-state index contributed by atoms with van der Waals surface area (Å²) in [5, 5.41) is 15.7. The molecule has 5 aromatic rings. The predicted octanol–water partition coefficient (Wildman–Crippen LogP) is 2.22. The van der Waals surface area contributed by atoms with Crippen molar-refractivity contribution in [1.82, 2.24) is 39.2 Å². The van der Waals surface area contributed by atoms with Gasteiger partial charge in [0.2, 0.25) is 5.95 Å². The first-order chi connectivity index (χ1) is 15.2. The minimum atomic E-state index is -0.270. The first-order valence-electron chi connectivity index (χ1n) is 9.72. The lowest BCUT2D eigenvalue weighted by Gasteiger charge is -2.12. The summed E-state index contributed by atoms with van der Waals surface area (Å²) in [7, 11) is 0. The van der Waals surface area contributed by atoms with Gasteiger partial charge in [-0.05, 0) is 19.1 Å². The highest BCUT2D eigenvalue weighted by Gasteiger charge is 2.20. The third-order valence-corrected chi connectivity index (χ3v) is 5.46. The number of ether oxygens (including phenoxy) is 1. The van der Waals surface area contributed by atoms with Gasteiger partial charge in [-0.25, -0.2) is 19.3 Å². The smallest absolute Gasteiger partial charge is 0.210 e. The van der Waals surface area contributed by atoms with Crippen molar-refractivity contribution < 1.29 is 9.13 Å². The molecule has 0 saturated carbocycles. The maximum atomic E-state index is 14.5. The van der Waals surface area contributed by atoms with Crippen molar-refractivity contribution in [2.45, 2.75) is 19.9 Å². The Labute approximate surface area is 174 Å². The van der Waals surface area contributed by atoms with Crippen LogP contribution in [0.2, 0.25) is 0 Å². The summed E-state index contributed by atoms with van der Waals surface area (Å²) in [5.74, 6) is 1.69. The van der Waals surface area contributed by atoms with Crippen molar-refractivity contribution in [2.75, 3.05) is 11.9 Å². The number of hydrogen-bond donors (Lipinski definition) is 1. The molecule has 0 amide bonds. The quantitative estimate of drug-likeness (QED) is 0.474. The fourth-order valence-electron chi connectivity index (χ4n) is 3.94. The molecule has 0 radical (unpaired) electrons. The summed E-state index contributed by atoms with van der Waals surface area (Å²) in [6.07, 6.45) is 7.14. The standard InChI is InChI=1S/C20H16FN9O/c1-11-22-7-14(18-25-9-27-30(11)18)15-8-24-20(29-10-26-28-19(15)29)23-6-13-12-4-5-31-17(12)3-2-16(13)21/h2-3,7-10H,4-6H2,1H3,(H,23,24). The fourth-order valence-corrected chi connectivity index (χ4v) is 3.94. The molecule has 0 bridgehead atoms. The van der Waals surface area contributed by atoms with Crippen LogP contribution in [0.3, 0.4) is 0 Å². The number of fused-ring (bicyclic) bond motifs is 3. The minimum Gasteiger partial charge on any atom is -0.493 e. The fraction of sp³-hybridized carbons (Fsp3) is 0.200. The Kier molecular flexibility index (Phi) is 3.82. The normalized spacial score (nSPS) is 13.0. The maximum absolute atomic E-state index is 14.5. The molecule has 0 spiro atoms. The number of aromatic nitrogens is 8. The van der Waals surface area contributed by atoms with Crippen LogP contribution in [0.5, 0.6) is 5.75 Å². The number of aryl methyl sites for hydroxylation is 1. The van der Waals surface area contributed by atoms with Crippen molar-refractivity contribution in [2.24, 2.45) is 0 Å². The third-order valence-electron chi connectivity index (χ3n) is 5.46. The molecule has 11 heteroatoms. The lowest BCUT2D eigenvalue weighted by atomic mass is 10.0. The van der Waals surface area contributed by atoms with Crippen molar-refractivity contribution in [1.29, 1.82) is 0 Å². The number of halogens is 1. The van der Waals surface area contributed by atoms with Crippen LogP contribution in [0.1, 0.15) is 17.0 Å². The zero-order chi connectivity index (χ0) is 20.9. The Bertz CT molecular complexity index is 1460. The van der Waals surface area contributed by atoms with Gasteiger partial charge in [-0.1, -0.05) is 0 Å². The lowest BCUT2D eigenvalue weighted by molar-refractivity contribution is 0.356. The second kappa shape index (κ2) is 6.69. The monoisotopic (exact) mass is 417 g/mol. The molecule has 0 saturated heterocycles. The summed E-state index contributed by atoms with van der Waals surface area (Å²) in [4.78, 5) is 13.3. The van der Waals surface area contributed by atoms with E-state index in [1.54, 1.807) is 33.7 Å². The molecule has 0 atom stereocenters. The predicted molar refractivity (Wildman–Crippen MR) is 108 cm³/mol. The number of hydrogen-bond acceptors (Lipinski definition) is 8. The van der Waals surface area contributed by atoms with E-state index in [0.717, 1.165) is 22.7 Å². The van der Waals surface area contributed by atoms with E-state index in [2.05, 4.69) is 35.6 Å². The van der Waals surface area contributed by atoms with Gasteiger partial charge in [0.05, 0.1) is 17.7 Å². The van der Waals surface area contributed by atoms with Gasteiger partial charge < -0.3 is 10.1 Å². The Hall–Kier alpha value is -4.15. The summed E-state index contributed by atoms with van der Waals surface area (Å²) in [5.41, 5.74) is 4.16. The van der Waals surface area contributed by atoms with E-state index in [1.165, 1.54) is 12.4 Å². The summed E-state index contributed by atoms with van der Waals surface area (Å²) in [6, 6.07) is 3.10. The molecule has 6 rings (SSSR count). The van der Waals surface area contributed by atoms with Gasteiger partial charge in [0.25, 0.3) is 0 Å². The van der Waals surface area contributed by atoms with Gasteiger partial charge in [0.1, 0.15) is 30.0 Å². The van der Waals surface area contributed by atoms with Crippen LogP contribution in [0.15, 0.2) is 37.2 Å². The maximum Gasteiger partial charge on any atom is 0.210 e. The highest BCUT2D eigenvalue weighted by molar-refractivity contribution is 5.85. The first-order valence-corrected chi connectivity index (χ1v) is 9.72. The molecule has 1 aromatic carbocycles. The number of rotatable bonds is 4. The van der Waals surface area contributed by atoms with E-state index in [9.17, 15) is 4.39 Å². The zero-order valence-corrected chi connectivity index (χ0v) is 16.4. The largest absolute Gasteiger partial charge is 0.493 e. The summed E-state index contributed by atoms with van der Waals surface area (Å²) >= 11 is 0. The van der Waals surface area contributed by atoms with Crippen molar-refractivity contribution in [3.63, 3.8) is 0 Å². The van der Waals surface area contributed by atoms with Crippen LogP contribution in [-0.2, 0) is 13.0 Å². The van der Waals surface area contributed by atoms with Gasteiger partial charge in [0.15, 0.2) is 11.3 Å². The molecule has 1 aliphatic heterocycles. The van der Waals surface area contributed by atoms with E-state index < -0.39 is 0 Å². The lowest BCUT2D eigenvalue weighted by Crippen LogP contribution is -2.10. The van der Waals surface area contributed by atoms with Gasteiger partial charge in [-0.2, -0.15) is 9.61 Å². The molecule has 1 aliphatic rings. The van der Waals surface area contributed by atoms with E-state index in [4.69, 9.17) is 4.74 Å². The zero-order valence-electron chi connectivity index (χ0n) is 16.4. The summed E-state index contributed by atoms with van der Waals surface area (Å²) < 4.78 is 23.4. The van der Waals surface area contributed by atoms with E-state index in [1.807, 2.05) is 6.92 Å². The second-order valence-electron chi connectivity index (χ2n) is 7.19. The topological polar surface area (TPSA) is 107 Å². The molecule has 0 unspecified atom stereocenters. The number of nitrogens with zero attached hydrogens (tertiary/aromatic N) is 8. The number of nitrogens with one attached hydrogen (secondary N) is 1. The molecule has 0 aliphatic carbocycles. The van der Waals surface area contributed by atoms with Crippen LogP contribution < -0.4 is 10.1 Å². The Morgan fingerprint density at radius 2 is 2.00 bits per heavy atom. The van der Waals surface area contributed by atoms with Gasteiger partial charge in [0, 0.05) is 36.5 Å². The van der Waals surface area contributed by atoms with Crippen LogP contribution >= 0.6 is 0 Å². The third kappa shape index (κ3) is 2.70. The Balaban J connectivity index is 1.40. The minimum absolute atomic E-state index is 0.262. The van der Waals surface area contributed by atoms with E-state index in [0.29, 0.717) is 41.4 Å². The number of anilines is 1. The molecule has 1 N–H and O–H groups in total. The van der Waals surface area contributed by atoms with Gasteiger partial charge in [-0.3, -0.25) is 4.40 Å². The first kappa shape index (κ1) is 17.7.